The molecule has 0 radical (unpaired) electrons. The first kappa shape index (κ1) is 9.66. The molecular formula is C10H15N3OS. The second-order valence-electron chi connectivity index (χ2n) is 4.36. The van der Waals surface area contributed by atoms with E-state index in [0.717, 1.165) is 23.4 Å². The van der Waals surface area contributed by atoms with Crippen LogP contribution in [0.1, 0.15) is 30.5 Å². The van der Waals surface area contributed by atoms with Crippen molar-refractivity contribution in [3.05, 3.63) is 11.7 Å². The van der Waals surface area contributed by atoms with Crippen LogP contribution in [0.5, 0.6) is 0 Å². The molecule has 1 aromatic heterocycles. The van der Waals surface area contributed by atoms with Gasteiger partial charge in [-0.25, -0.2) is 0 Å². The number of nitrogens with one attached hydrogen (secondary N) is 1. The summed E-state index contributed by atoms with van der Waals surface area (Å²) in [5.74, 6) is 5.25. The second kappa shape index (κ2) is 4.14. The monoisotopic (exact) mass is 225 g/mol. The van der Waals surface area contributed by atoms with E-state index < -0.39 is 0 Å². The summed E-state index contributed by atoms with van der Waals surface area (Å²) in [5.41, 5.74) is 0. The van der Waals surface area contributed by atoms with Gasteiger partial charge in [-0.1, -0.05) is 5.16 Å². The van der Waals surface area contributed by atoms with Gasteiger partial charge in [0.05, 0.1) is 5.75 Å². The van der Waals surface area contributed by atoms with Crippen LogP contribution in [-0.4, -0.2) is 29.0 Å². The molecule has 2 aliphatic rings. The number of thioether (sulfide) groups is 1. The molecule has 5 heteroatoms. The molecule has 1 saturated heterocycles. The Kier molecular flexibility index (Phi) is 2.66. The highest BCUT2D eigenvalue weighted by Gasteiger charge is 2.28. The first-order chi connectivity index (χ1) is 7.42. The Hall–Kier alpha value is -0.550. The molecule has 1 N–H and O–H groups in total. The maximum absolute atomic E-state index is 5.20. The summed E-state index contributed by atoms with van der Waals surface area (Å²) in [6.45, 7) is 2.34. The molecule has 0 atom stereocenters. The number of aromatic nitrogens is 2. The highest BCUT2D eigenvalue weighted by atomic mass is 32.2. The van der Waals surface area contributed by atoms with Gasteiger partial charge in [-0.05, 0) is 37.6 Å². The fourth-order valence-corrected chi connectivity index (χ4v) is 2.59. The molecule has 0 aromatic carbocycles. The van der Waals surface area contributed by atoms with Gasteiger partial charge in [0.25, 0.3) is 0 Å². The van der Waals surface area contributed by atoms with Gasteiger partial charge in [-0.3, -0.25) is 0 Å². The van der Waals surface area contributed by atoms with E-state index in [4.69, 9.17) is 4.52 Å². The minimum atomic E-state index is 0.600. The molecule has 0 bridgehead atoms. The van der Waals surface area contributed by atoms with E-state index in [-0.39, 0.29) is 0 Å². The molecule has 15 heavy (non-hydrogen) atoms. The molecule has 2 heterocycles. The van der Waals surface area contributed by atoms with E-state index in [0.29, 0.717) is 5.92 Å². The lowest BCUT2D eigenvalue weighted by Crippen LogP contribution is -2.43. The number of hydrogen-bond donors (Lipinski definition) is 1. The fraction of sp³-hybridized carbons (Fsp3) is 0.800. The lowest BCUT2D eigenvalue weighted by Gasteiger charge is -2.26. The summed E-state index contributed by atoms with van der Waals surface area (Å²) in [7, 11) is 0. The van der Waals surface area contributed by atoms with Gasteiger partial charge < -0.3 is 9.84 Å². The van der Waals surface area contributed by atoms with Crippen LogP contribution in [0.2, 0.25) is 0 Å². The standard InChI is InChI=1S/C10H15N3OS/c1-2-8(1)10-12-9(14-13-10)6-15-5-7-3-11-4-7/h7-8,11H,1-6H2. The second-order valence-corrected chi connectivity index (χ2v) is 5.39. The summed E-state index contributed by atoms with van der Waals surface area (Å²) in [6, 6.07) is 0. The van der Waals surface area contributed by atoms with Gasteiger partial charge in [0.15, 0.2) is 5.82 Å². The summed E-state index contributed by atoms with van der Waals surface area (Å²) < 4.78 is 5.20. The largest absolute Gasteiger partial charge is 0.338 e. The van der Waals surface area contributed by atoms with Crippen LogP contribution < -0.4 is 5.32 Å². The Morgan fingerprint density at radius 3 is 2.93 bits per heavy atom. The number of rotatable bonds is 5. The molecule has 82 valence electrons. The lowest BCUT2D eigenvalue weighted by molar-refractivity contribution is 0.380. The van der Waals surface area contributed by atoms with E-state index in [1.54, 1.807) is 0 Å². The predicted octanol–water partition coefficient (Wildman–Crippen LogP) is 1.40. The maximum atomic E-state index is 5.20. The third kappa shape index (κ3) is 2.34. The minimum absolute atomic E-state index is 0.600. The fourth-order valence-electron chi connectivity index (χ4n) is 1.61. The molecule has 0 amide bonds. The van der Waals surface area contributed by atoms with Gasteiger partial charge >= 0.3 is 0 Å². The van der Waals surface area contributed by atoms with E-state index in [1.165, 1.54) is 31.7 Å². The van der Waals surface area contributed by atoms with Crippen molar-refractivity contribution in [2.45, 2.75) is 24.5 Å². The van der Waals surface area contributed by atoms with Crippen molar-refractivity contribution in [1.82, 2.24) is 15.5 Å². The summed E-state index contributed by atoms with van der Waals surface area (Å²) in [5, 5.41) is 7.27. The zero-order valence-corrected chi connectivity index (χ0v) is 9.42. The van der Waals surface area contributed by atoms with Crippen molar-refractivity contribution in [3.8, 4) is 0 Å². The topological polar surface area (TPSA) is 51.0 Å². The Labute approximate surface area is 93.2 Å². The third-order valence-corrected chi connectivity index (χ3v) is 4.03. The van der Waals surface area contributed by atoms with E-state index in [2.05, 4.69) is 15.5 Å². The highest BCUT2D eigenvalue weighted by molar-refractivity contribution is 7.98. The van der Waals surface area contributed by atoms with Crippen LogP contribution >= 0.6 is 11.8 Å². The number of hydrogen-bond acceptors (Lipinski definition) is 5. The van der Waals surface area contributed by atoms with Crippen LogP contribution in [0, 0.1) is 5.92 Å². The van der Waals surface area contributed by atoms with Crippen molar-refractivity contribution in [3.63, 3.8) is 0 Å². The maximum Gasteiger partial charge on any atom is 0.236 e. The van der Waals surface area contributed by atoms with Crippen LogP contribution in [0.3, 0.4) is 0 Å². The number of nitrogens with zero attached hydrogens (tertiary/aromatic N) is 2. The van der Waals surface area contributed by atoms with Gasteiger partial charge in [0.1, 0.15) is 0 Å². The average molecular weight is 225 g/mol. The molecule has 0 spiro atoms. The predicted molar refractivity (Wildman–Crippen MR) is 58.8 cm³/mol. The quantitative estimate of drug-likeness (QED) is 0.821. The van der Waals surface area contributed by atoms with Gasteiger partial charge in [-0.15, -0.1) is 0 Å². The van der Waals surface area contributed by atoms with Crippen molar-refractivity contribution in [1.29, 1.82) is 0 Å². The van der Waals surface area contributed by atoms with Crippen LogP contribution in [0.25, 0.3) is 0 Å². The van der Waals surface area contributed by atoms with Crippen molar-refractivity contribution >= 4 is 11.8 Å². The molecule has 1 aliphatic carbocycles. The molecule has 4 nitrogen and oxygen atoms in total. The third-order valence-electron chi connectivity index (χ3n) is 2.87. The van der Waals surface area contributed by atoms with Crippen molar-refractivity contribution in [2.24, 2.45) is 5.92 Å². The first-order valence-corrected chi connectivity index (χ1v) is 6.68. The Morgan fingerprint density at radius 2 is 2.27 bits per heavy atom. The van der Waals surface area contributed by atoms with E-state index in [1.807, 2.05) is 11.8 Å². The first-order valence-electron chi connectivity index (χ1n) is 5.53. The van der Waals surface area contributed by atoms with Crippen LogP contribution in [0.15, 0.2) is 4.52 Å². The molecular weight excluding hydrogens is 210 g/mol. The van der Waals surface area contributed by atoms with E-state index >= 15 is 0 Å². The molecule has 3 rings (SSSR count). The van der Waals surface area contributed by atoms with Crippen molar-refractivity contribution in [2.75, 3.05) is 18.8 Å². The zero-order chi connectivity index (χ0) is 10.1. The smallest absolute Gasteiger partial charge is 0.236 e. The molecule has 1 aliphatic heterocycles. The lowest BCUT2D eigenvalue weighted by atomic mass is 10.1. The average Bonchev–Trinajstić information content (AvgIpc) is 2.91. The summed E-state index contributed by atoms with van der Waals surface area (Å²) >= 11 is 1.90. The molecule has 1 saturated carbocycles. The highest BCUT2D eigenvalue weighted by Crippen LogP contribution is 2.38. The van der Waals surface area contributed by atoms with Gasteiger partial charge in [0, 0.05) is 5.92 Å². The van der Waals surface area contributed by atoms with Gasteiger partial charge in [0.2, 0.25) is 5.89 Å². The Bertz CT molecular complexity index is 333. The van der Waals surface area contributed by atoms with Crippen LogP contribution in [0.4, 0.5) is 0 Å². The van der Waals surface area contributed by atoms with Crippen molar-refractivity contribution < 1.29 is 4.52 Å². The molecule has 1 aromatic rings. The summed E-state index contributed by atoms with van der Waals surface area (Å²) in [4.78, 5) is 4.40. The molecule has 0 unspecified atom stereocenters. The Balaban J connectivity index is 1.44. The minimum Gasteiger partial charge on any atom is -0.338 e. The van der Waals surface area contributed by atoms with Crippen LogP contribution in [-0.2, 0) is 5.75 Å². The SMILES string of the molecule is C(SCC1CNC1)c1nc(C2CC2)no1. The van der Waals surface area contributed by atoms with Gasteiger partial charge in [-0.2, -0.15) is 16.7 Å². The Morgan fingerprint density at radius 1 is 1.40 bits per heavy atom. The zero-order valence-electron chi connectivity index (χ0n) is 8.61. The molecule has 2 fully saturated rings. The summed E-state index contributed by atoms with van der Waals surface area (Å²) in [6.07, 6.45) is 2.47. The van der Waals surface area contributed by atoms with E-state index in [9.17, 15) is 0 Å². The normalized spacial score (nSPS) is 21.6.